The number of thioether (sulfide) groups is 1. The van der Waals surface area contributed by atoms with Crippen molar-refractivity contribution in [3.05, 3.63) is 12.7 Å². The van der Waals surface area contributed by atoms with E-state index in [4.69, 9.17) is 4.84 Å². The highest BCUT2D eigenvalue weighted by atomic mass is 32.2. The summed E-state index contributed by atoms with van der Waals surface area (Å²) in [6, 6.07) is 0. The molecule has 6 heteroatoms. The first-order chi connectivity index (χ1) is 12.1. The molecule has 0 aromatic carbocycles. The van der Waals surface area contributed by atoms with Crippen LogP contribution in [0.15, 0.2) is 12.7 Å². The predicted octanol–water partition coefficient (Wildman–Crippen LogP) is 4.88. The third-order valence-electron chi connectivity index (χ3n) is 3.05. The number of unbranched alkanes of at least 4 members (excludes halogenated alkanes) is 4. The van der Waals surface area contributed by atoms with E-state index in [9.17, 15) is 9.59 Å². The smallest absolute Gasteiger partial charge is 0.240 e. The highest BCUT2D eigenvalue weighted by Crippen LogP contribution is 2.22. The van der Waals surface area contributed by atoms with Gasteiger partial charge in [0.2, 0.25) is 11.8 Å². The van der Waals surface area contributed by atoms with Gasteiger partial charge in [-0.1, -0.05) is 53.0 Å². The minimum Gasteiger partial charge on any atom is -0.305 e. The third kappa shape index (κ3) is 15.0. The number of carbonyl (C=O) groups excluding carboxylic acids is 2. The molecule has 2 amide bonds. The summed E-state index contributed by atoms with van der Waals surface area (Å²) < 4.78 is 0. The van der Waals surface area contributed by atoms with E-state index in [2.05, 4.69) is 25.9 Å². The lowest BCUT2D eigenvalue weighted by atomic mass is 10.1. The maximum absolute atomic E-state index is 12.1. The Hall–Kier alpha value is -1.01. The second kappa shape index (κ2) is 19.3. The van der Waals surface area contributed by atoms with Crippen molar-refractivity contribution in [3.63, 3.8) is 0 Å². The predicted molar refractivity (Wildman–Crippen MR) is 108 cm³/mol. The van der Waals surface area contributed by atoms with Gasteiger partial charge in [-0.2, -0.15) is 0 Å². The van der Waals surface area contributed by atoms with Crippen LogP contribution in [0, 0.1) is 0 Å². The molecule has 0 bridgehead atoms. The number of hydroxylamine groups is 1. The molecule has 0 saturated carbocycles. The molecule has 1 fully saturated rings. The van der Waals surface area contributed by atoms with Gasteiger partial charge >= 0.3 is 0 Å². The molecule has 1 aliphatic rings. The number of amides is 2. The summed E-state index contributed by atoms with van der Waals surface area (Å²) in [5, 5.41) is 0. The quantitative estimate of drug-likeness (QED) is 0.355. The number of hydrogen-bond donors (Lipinski definition) is 1. The van der Waals surface area contributed by atoms with Gasteiger partial charge in [0.15, 0.2) is 6.23 Å². The van der Waals surface area contributed by atoms with Crippen LogP contribution in [0.5, 0.6) is 0 Å². The molecule has 25 heavy (non-hydrogen) atoms. The van der Waals surface area contributed by atoms with Gasteiger partial charge in [0, 0.05) is 19.1 Å². The van der Waals surface area contributed by atoms with Crippen LogP contribution < -0.4 is 5.48 Å². The van der Waals surface area contributed by atoms with Crippen molar-refractivity contribution in [2.24, 2.45) is 0 Å². The molecule has 1 aliphatic heterocycles. The Morgan fingerprint density at radius 3 is 2.40 bits per heavy atom. The molecule has 1 N–H and O–H groups in total. The van der Waals surface area contributed by atoms with Crippen LogP contribution in [-0.4, -0.2) is 34.6 Å². The van der Waals surface area contributed by atoms with Crippen molar-refractivity contribution in [3.8, 4) is 0 Å². The summed E-state index contributed by atoms with van der Waals surface area (Å²) in [6.07, 6.45) is 8.69. The third-order valence-corrected chi connectivity index (χ3v) is 4.03. The van der Waals surface area contributed by atoms with Crippen molar-refractivity contribution in [1.29, 1.82) is 0 Å². The van der Waals surface area contributed by atoms with E-state index >= 15 is 0 Å². The Bertz CT molecular complexity index is 352. The molecule has 0 aromatic rings. The minimum absolute atomic E-state index is 0.106. The molecule has 0 aromatic heterocycles. The van der Waals surface area contributed by atoms with Gasteiger partial charge in [-0.15, -0.1) is 18.3 Å². The number of carbonyl (C=O) groups is 2. The Kier molecular flexibility index (Phi) is 20.3. The SMILES string of the molecule is C=CCCCCCCC(=O)N1CSCC1ONC(C)=O.CC.CCC. The van der Waals surface area contributed by atoms with Gasteiger partial charge in [0.25, 0.3) is 0 Å². The lowest BCUT2D eigenvalue weighted by molar-refractivity contribution is -0.156. The summed E-state index contributed by atoms with van der Waals surface area (Å²) in [4.78, 5) is 29.8. The van der Waals surface area contributed by atoms with E-state index in [-0.39, 0.29) is 18.0 Å². The Balaban J connectivity index is 0. The first-order valence-electron chi connectivity index (χ1n) is 9.47. The molecular weight excluding hydrogens is 336 g/mol. The van der Waals surface area contributed by atoms with Gasteiger partial charge < -0.3 is 4.90 Å². The van der Waals surface area contributed by atoms with Crippen LogP contribution in [0.3, 0.4) is 0 Å². The van der Waals surface area contributed by atoms with Gasteiger partial charge in [-0.25, -0.2) is 10.3 Å². The van der Waals surface area contributed by atoms with Crippen molar-refractivity contribution in [1.82, 2.24) is 10.4 Å². The second-order valence-electron chi connectivity index (χ2n) is 5.54. The average Bonchev–Trinajstić information content (AvgIpc) is 3.07. The topological polar surface area (TPSA) is 58.6 Å². The van der Waals surface area contributed by atoms with Crippen LogP contribution in [0.2, 0.25) is 0 Å². The summed E-state index contributed by atoms with van der Waals surface area (Å²) >= 11 is 1.64. The summed E-state index contributed by atoms with van der Waals surface area (Å²) in [5.74, 6) is 1.19. The van der Waals surface area contributed by atoms with Crippen LogP contribution in [0.4, 0.5) is 0 Å². The monoisotopic (exact) mass is 374 g/mol. The van der Waals surface area contributed by atoms with Crippen LogP contribution in [-0.2, 0) is 14.4 Å². The largest absolute Gasteiger partial charge is 0.305 e. The van der Waals surface area contributed by atoms with E-state index < -0.39 is 0 Å². The average molecular weight is 375 g/mol. The maximum atomic E-state index is 12.1. The van der Waals surface area contributed by atoms with E-state index in [0.717, 1.165) is 32.1 Å². The number of allylic oxidation sites excluding steroid dienone is 1. The molecule has 1 saturated heterocycles. The number of nitrogens with zero attached hydrogens (tertiary/aromatic N) is 1. The zero-order valence-corrected chi connectivity index (χ0v) is 17.6. The number of hydrogen-bond acceptors (Lipinski definition) is 4. The lowest BCUT2D eigenvalue weighted by Gasteiger charge is -2.23. The maximum Gasteiger partial charge on any atom is 0.240 e. The van der Waals surface area contributed by atoms with Gasteiger partial charge in [0.1, 0.15) is 0 Å². The Labute approximate surface area is 158 Å². The summed E-state index contributed by atoms with van der Waals surface area (Å²) in [6.45, 7) is 13.3. The van der Waals surface area contributed by atoms with Crippen molar-refractivity contribution >= 4 is 23.6 Å². The fourth-order valence-corrected chi connectivity index (χ4v) is 3.03. The fraction of sp³-hybridized carbons (Fsp3) is 0.789. The van der Waals surface area contributed by atoms with Gasteiger partial charge in [0.05, 0.1) is 5.88 Å². The number of nitrogens with one attached hydrogen (secondary N) is 1. The first kappa shape index (κ1) is 26.2. The van der Waals surface area contributed by atoms with Gasteiger partial charge in [-0.3, -0.25) is 9.59 Å². The molecule has 1 heterocycles. The minimum atomic E-state index is -0.336. The standard InChI is InChI=1S/C14H24N2O3S.C3H8.C2H6/c1-3-4-5-6-7-8-9-13(18)16-11-20-10-14(16)19-15-12(2)17;1-3-2;1-2/h3,14H,1,4-11H2,2H3,(H,15,17);3H2,1-2H3;1-2H3. The van der Waals surface area contributed by atoms with Crippen molar-refractivity contribution in [2.75, 3.05) is 11.6 Å². The Morgan fingerprint density at radius 2 is 1.84 bits per heavy atom. The van der Waals surface area contributed by atoms with E-state index in [0.29, 0.717) is 18.1 Å². The zero-order valence-electron chi connectivity index (χ0n) is 16.8. The lowest BCUT2D eigenvalue weighted by Crippen LogP contribution is -2.42. The highest BCUT2D eigenvalue weighted by Gasteiger charge is 2.30. The molecule has 5 nitrogen and oxygen atoms in total. The van der Waals surface area contributed by atoms with E-state index in [1.165, 1.54) is 13.3 Å². The molecule has 0 radical (unpaired) electrons. The second-order valence-corrected chi connectivity index (χ2v) is 6.54. The van der Waals surface area contributed by atoms with Crippen molar-refractivity contribution in [2.45, 2.75) is 85.8 Å². The van der Waals surface area contributed by atoms with Crippen LogP contribution in [0.25, 0.3) is 0 Å². The van der Waals surface area contributed by atoms with Crippen LogP contribution in [0.1, 0.15) is 79.6 Å². The molecular formula is C19H38N2O3S. The molecule has 0 aliphatic carbocycles. The molecule has 1 unspecified atom stereocenters. The van der Waals surface area contributed by atoms with E-state index in [1.54, 1.807) is 16.7 Å². The van der Waals surface area contributed by atoms with Gasteiger partial charge in [-0.05, 0) is 19.3 Å². The molecule has 0 spiro atoms. The van der Waals surface area contributed by atoms with Crippen LogP contribution >= 0.6 is 11.8 Å². The Morgan fingerprint density at radius 1 is 1.24 bits per heavy atom. The molecule has 1 atom stereocenters. The summed E-state index contributed by atoms with van der Waals surface area (Å²) in [7, 11) is 0. The number of rotatable bonds is 9. The van der Waals surface area contributed by atoms with Crippen molar-refractivity contribution < 1.29 is 14.4 Å². The molecule has 1 rings (SSSR count). The van der Waals surface area contributed by atoms with E-state index in [1.807, 2.05) is 19.9 Å². The fourth-order valence-electron chi connectivity index (χ4n) is 1.97. The first-order valence-corrected chi connectivity index (χ1v) is 10.6. The molecule has 148 valence electrons. The zero-order chi connectivity index (χ0) is 19.5. The normalized spacial score (nSPS) is 15.4. The summed E-state index contributed by atoms with van der Waals surface area (Å²) in [5.41, 5.74) is 2.31. The highest BCUT2D eigenvalue weighted by molar-refractivity contribution is 7.99.